The molecular weight excluding hydrogens is 144 g/mol. The van der Waals surface area contributed by atoms with E-state index in [0.717, 1.165) is 0 Å². The van der Waals surface area contributed by atoms with Crippen molar-refractivity contribution < 1.29 is 0 Å². The molecule has 0 spiro atoms. The lowest BCUT2D eigenvalue weighted by atomic mass is 10.1. The molecular formula is C12H23. The van der Waals surface area contributed by atoms with Crippen LogP contribution < -0.4 is 0 Å². The topological polar surface area (TPSA) is 0 Å². The van der Waals surface area contributed by atoms with Crippen LogP contribution in [0.4, 0.5) is 0 Å². The summed E-state index contributed by atoms with van der Waals surface area (Å²) in [7, 11) is 0. The molecule has 1 aliphatic carbocycles. The molecule has 0 bridgehead atoms. The molecule has 1 saturated carbocycles. The van der Waals surface area contributed by atoms with Crippen LogP contribution in [0.25, 0.3) is 0 Å². The van der Waals surface area contributed by atoms with E-state index in [4.69, 9.17) is 0 Å². The Labute approximate surface area is 77.7 Å². The first-order valence-corrected chi connectivity index (χ1v) is 5.77. The fraction of sp³-hybridized carbons (Fsp3) is 0.917. The van der Waals surface area contributed by atoms with Crippen LogP contribution in [0, 0.1) is 5.92 Å². The summed E-state index contributed by atoms with van der Waals surface area (Å²) in [6.07, 6.45) is 14.5. The van der Waals surface area contributed by atoms with E-state index < -0.39 is 0 Å². The van der Waals surface area contributed by atoms with Crippen LogP contribution in [0.1, 0.15) is 71.1 Å². The first-order valence-electron chi connectivity index (χ1n) is 5.77. The molecule has 0 amide bonds. The van der Waals surface area contributed by atoms with Gasteiger partial charge in [0, 0.05) is 0 Å². The van der Waals surface area contributed by atoms with Gasteiger partial charge in [-0.05, 0) is 25.2 Å². The lowest BCUT2D eigenvalue weighted by Crippen LogP contribution is -1.80. The zero-order valence-electron chi connectivity index (χ0n) is 8.57. The molecule has 0 heteroatoms. The molecule has 0 heterocycles. The molecule has 1 aliphatic rings. The largest absolute Gasteiger partial charge is 0.0654 e. The number of unbranched alkanes of at least 4 members (excludes halogenated alkanes) is 6. The van der Waals surface area contributed by atoms with Crippen LogP contribution in [-0.2, 0) is 0 Å². The van der Waals surface area contributed by atoms with Crippen LogP contribution in [0.3, 0.4) is 0 Å². The molecule has 0 saturated heterocycles. The molecule has 0 aliphatic heterocycles. The Morgan fingerprint density at radius 3 is 2.00 bits per heavy atom. The Bertz CT molecular complexity index is 92.2. The monoisotopic (exact) mass is 167 g/mol. The van der Waals surface area contributed by atoms with Gasteiger partial charge in [0.1, 0.15) is 0 Å². The van der Waals surface area contributed by atoms with Gasteiger partial charge in [-0.3, -0.25) is 0 Å². The van der Waals surface area contributed by atoms with Crippen molar-refractivity contribution in [1.82, 2.24) is 0 Å². The third-order valence-corrected chi connectivity index (χ3v) is 2.74. The highest BCUT2D eigenvalue weighted by molar-refractivity contribution is 5.04. The van der Waals surface area contributed by atoms with Crippen molar-refractivity contribution in [2.45, 2.75) is 71.1 Å². The van der Waals surface area contributed by atoms with E-state index in [1.165, 1.54) is 64.2 Å². The SMILES string of the molecule is CCCCCCCCC[C]1CC1. The summed E-state index contributed by atoms with van der Waals surface area (Å²) < 4.78 is 0. The van der Waals surface area contributed by atoms with E-state index in [1.807, 2.05) is 5.92 Å². The van der Waals surface area contributed by atoms with Crippen molar-refractivity contribution in [2.75, 3.05) is 0 Å². The molecule has 1 rings (SSSR count). The van der Waals surface area contributed by atoms with Gasteiger partial charge in [-0.1, -0.05) is 51.9 Å². The number of hydrogen-bond donors (Lipinski definition) is 0. The van der Waals surface area contributed by atoms with Crippen molar-refractivity contribution in [3.63, 3.8) is 0 Å². The van der Waals surface area contributed by atoms with Crippen LogP contribution >= 0.6 is 0 Å². The zero-order chi connectivity index (χ0) is 8.65. The van der Waals surface area contributed by atoms with Crippen LogP contribution in [0.5, 0.6) is 0 Å². The lowest BCUT2D eigenvalue weighted by molar-refractivity contribution is 0.586. The third-order valence-electron chi connectivity index (χ3n) is 2.74. The Balaban J connectivity index is 1.65. The lowest BCUT2D eigenvalue weighted by Gasteiger charge is -1.99. The first-order chi connectivity index (χ1) is 5.93. The van der Waals surface area contributed by atoms with Gasteiger partial charge in [-0.25, -0.2) is 0 Å². The van der Waals surface area contributed by atoms with E-state index in [-0.39, 0.29) is 0 Å². The number of hydrogen-bond acceptors (Lipinski definition) is 0. The van der Waals surface area contributed by atoms with E-state index in [9.17, 15) is 0 Å². The molecule has 0 unspecified atom stereocenters. The van der Waals surface area contributed by atoms with Gasteiger partial charge in [0.25, 0.3) is 0 Å². The van der Waals surface area contributed by atoms with E-state index in [2.05, 4.69) is 6.92 Å². The van der Waals surface area contributed by atoms with E-state index >= 15 is 0 Å². The second-order valence-corrected chi connectivity index (χ2v) is 4.12. The number of rotatable bonds is 8. The average Bonchev–Trinajstić information content (AvgIpc) is 2.87. The van der Waals surface area contributed by atoms with Crippen LogP contribution in [0.2, 0.25) is 0 Å². The van der Waals surface area contributed by atoms with Crippen molar-refractivity contribution in [1.29, 1.82) is 0 Å². The summed E-state index contributed by atoms with van der Waals surface area (Å²) in [5.41, 5.74) is 0. The Kier molecular flexibility index (Phi) is 5.47. The van der Waals surface area contributed by atoms with Gasteiger partial charge < -0.3 is 0 Å². The quantitative estimate of drug-likeness (QED) is 0.467. The zero-order valence-corrected chi connectivity index (χ0v) is 8.57. The minimum Gasteiger partial charge on any atom is -0.0654 e. The maximum atomic E-state index is 2.28. The normalized spacial score (nSPS) is 16.8. The van der Waals surface area contributed by atoms with Gasteiger partial charge in [-0.15, -0.1) is 0 Å². The maximum absolute atomic E-state index is 2.28. The minimum atomic E-state index is 1.37. The van der Waals surface area contributed by atoms with Crippen molar-refractivity contribution in [3.8, 4) is 0 Å². The van der Waals surface area contributed by atoms with Crippen LogP contribution in [0.15, 0.2) is 0 Å². The highest BCUT2D eigenvalue weighted by Gasteiger charge is 2.20. The minimum absolute atomic E-state index is 1.37. The van der Waals surface area contributed by atoms with Gasteiger partial charge in [-0.2, -0.15) is 0 Å². The predicted octanol–water partition coefficient (Wildman–Crippen LogP) is 4.50. The maximum Gasteiger partial charge on any atom is -0.0241 e. The molecule has 0 N–H and O–H groups in total. The van der Waals surface area contributed by atoms with Crippen molar-refractivity contribution in [2.24, 2.45) is 0 Å². The molecule has 12 heavy (non-hydrogen) atoms. The Morgan fingerprint density at radius 2 is 1.42 bits per heavy atom. The summed E-state index contributed by atoms with van der Waals surface area (Å²) >= 11 is 0. The van der Waals surface area contributed by atoms with Gasteiger partial charge in [0.2, 0.25) is 0 Å². The van der Waals surface area contributed by atoms with E-state index in [0.29, 0.717) is 0 Å². The second-order valence-electron chi connectivity index (χ2n) is 4.12. The summed E-state index contributed by atoms with van der Waals surface area (Å²) in [6.45, 7) is 2.28. The van der Waals surface area contributed by atoms with Crippen molar-refractivity contribution in [3.05, 3.63) is 5.92 Å². The van der Waals surface area contributed by atoms with Gasteiger partial charge >= 0.3 is 0 Å². The average molecular weight is 167 g/mol. The molecule has 1 fully saturated rings. The van der Waals surface area contributed by atoms with E-state index in [1.54, 1.807) is 0 Å². The Hall–Kier alpha value is 0. The fourth-order valence-electron chi connectivity index (χ4n) is 1.67. The molecule has 71 valence electrons. The molecule has 0 aromatic carbocycles. The molecule has 0 aromatic heterocycles. The molecule has 0 atom stereocenters. The first kappa shape index (κ1) is 10.1. The van der Waals surface area contributed by atoms with Crippen molar-refractivity contribution >= 4 is 0 Å². The highest BCUT2D eigenvalue weighted by atomic mass is 14.2. The fourth-order valence-corrected chi connectivity index (χ4v) is 1.67. The summed E-state index contributed by atoms with van der Waals surface area (Å²) in [4.78, 5) is 0. The Morgan fingerprint density at radius 1 is 0.833 bits per heavy atom. The molecule has 0 nitrogen and oxygen atoms in total. The van der Waals surface area contributed by atoms with Crippen LogP contribution in [-0.4, -0.2) is 0 Å². The predicted molar refractivity (Wildman–Crippen MR) is 55.1 cm³/mol. The molecule has 1 radical (unpaired) electrons. The smallest absolute Gasteiger partial charge is 0.0241 e. The summed E-state index contributed by atoms with van der Waals surface area (Å²) in [6, 6.07) is 0. The van der Waals surface area contributed by atoms with Gasteiger partial charge in [0.15, 0.2) is 0 Å². The highest BCUT2D eigenvalue weighted by Crippen LogP contribution is 2.36. The third kappa shape index (κ3) is 5.62. The summed E-state index contributed by atoms with van der Waals surface area (Å²) in [5, 5.41) is 0. The summed E-state index contributed by atoms with van der Waals surface area (Å²) in [5.74, 6) is 1.84. The standard InChI is InChI=1S/C12H23/c1-2-3-4-5-6-7-8-9-12-10-11-12/h2-11H2,1H3. The second kappa shape index (κ2) is 6.51. The molecule has 0 aromatic rings. The van der Waals surface area contributed by atoms with Gasteiger partial charge in [0.05, 0.1) is 0 Å².